The van der Waals surface area contributed by atoms with E-state index in [1.54, 1.807) is 14.0 Å². The fourth-order valence-electron chi connectivity index (χ4n) is 1.95. The van der Waals surface area contributed by atoms with Crippen molar-refractivity contribution in [3.05, 3.63) is 41.7 Å². The summed E-state index contributed by atoms with van der Waals surface area (Å²) in [5, 5.41) is 0. The Hall–Kier alpha value is -2.43. The minimum Gasteiger partial charge on any atom is -0.497 e. The number of aryl methyl sites for hydroxylation is 1. The zero-order valence-electron chi connectivity index (χ0n) is 12.4. The first-order chi connectivity index (χ1) is 10.2. The number of esters is 1. The Morgan fingerprint density at radius 1 is 1.19 bits per heavy atom. The van der Waals surface area contributed by atoms with Crippen molar-refractivity contribution in [1.82, 2.24) is 9.97 Å². The van der Waals surface area contributed by atoms with Gasteiger partial charge in [-0.25, -0.2) is 14.8 Å². The minimum atomic E-state index is -0.379. The third-order valence-electron chi connectivity index (χ3n) is 3.05. The van der Waals surface area contributed by atoms with Crippen LogP contribution in [0.15, 0.2) is 30.5 Å². The van der Waals surface area contributed by atoms with Crippen LogP contribution in [0.25, 0.3) is 11.4 Å². The molecule has 0 saturated heterocycles. The van der Waals surface area contributed by atoms with E-state index < -0.39 is 0 Å². The molecule has 2 rings (SSSR count). The van der Waals surface area contributed by atoms with Crippen LogP contribution >= 0.6 is 0 Å². The van der Waals surface area contributed by atoms with Crippen molar-refractivity contribution < 1.29 is 14.3 Å². The Balaban J connectivity index is 2.35. The van der Waals surface area contributed by atoms with Gasteiger partial charge in [-0.15, -0.1) is 0 Å². The molecule has 0 radical (unpaired) electrons. The van der Waals surface area contributed by atoms with E-state index in [0.717, 1.165) is 11.3 Å². The monoisotopic (exact) mass is 286 g/mol. The average Bonchev–Trinajstić information content (AvgIpc) is 2.54. The second-order valence-corrected chi connectivity index (χ2v) is 4.36. The van der Waals surface area contributed by atoms with E-state index in [1.807, 2.05) is 31.2 Å². The zero-order chi connectivity index (χ0) is 15.2. The summed E-state index contributed by atoms with van der Waals surface area (Å²) in [7, 11) is 1.62. The van der Waals surface area contributed by atoms with Gasteiger partial charge in [-0.1, -0.05) is 6.92 Å². The summed E-state index contributed by atoms with van der Waals surface area (Å²) >= 11 is 0. The molecular formula is C16H18N2O3. The number of hydrogen-bond donors (Lipinski definition) is 0. The molecule has 5 heteroatoms. The van der Waals surface area contributed by atoms with Gasteiger partial charge in [0.2, 0.25) is 0 Å². The van der Waals surface area contributed by atoms with Gasteiger partial charge in [-0.3, -0.25) is 0 Å². The number of ether oxygens (including phenoxy) is 2. The largest absolute Gasteiger partial charge is 0.497 e. The van der Waals surface area contributed by atoms with Crippen LogP contribution in [-0.2, 0) is 11.2 Å². The van der Waals surface area contributed by atoms with Crippen molar-refractivity contribution in [2.75, 3.05) is 13.7 Å². The summed E-state index contributed by atoms with van der Waals surface area (Å²) in [5.41, 5.74) is 1.99. The summed E-state index contributed by atoms with van der Waals surface area (Å²) in [4.78, 5) is 20.6. The number of carbonyl (C=O) groups excluding carboxylic acids is 1. The van der Waals surface area contributed by atoms with Gasteiger partial charge in [0, 0.05) is 11.8 Å². The molecule has 110 valence electrons. The lowest BCUT2D eigenvalue weighted by atomic mass is 10.1. The van der Waals surface area contributed by atoms with Crippen LogP contribution in [0.2, 0.25) is 0 Å². The van der Waals surface area contributed by atoms with Crippen LogP contribution in [0.5, 0.6) is 5.75 Å². The molecule has 0 N–H and O–H groups in total. The molecule has 1 aromatic carbocycles. The maximum atomic E-state index is 11.8. The summed E-state index contributed by atoms with van der Waals surface area (Å²) < 4.78 is 10.1. The standard InChI is InChI=1S/C16H18N2O3/c1-4-14-13(16(19)21-5-2)10-17-15(18-14)11-6-8-12(20-3)9-7-11/h6-10H,4-5H2,1-3H3. The summed E-state index contributed by atoms with van der Waals surface area (Å²) in [5.74, 6) is 0.982. The van der Waals surface area contributed by atoms with E-state index in [2.05, 4.69) is 9.97 Å². The van der Waals surface area contributed by atoms with E-state index in [0.29, 0.717) is 30.1 Å². The first-order valence-electron chi connectivity index (χ1n) is 6.87. The molecule has 5 nitrogen and oxygen atoms in total. The van der Waals surface area contributed by atoms with Gasteiger partial charge in [0.25, 0.3) is 0 Å². The molecule has 0 fully saturated rings. The van der Waals surface area contributed by atoms with Crippen LogP contribution < -0.4 is 4.74 Å². The van der Waals surface area contributed by atoms with Crippen LogP contribution in [-0.4, -0.2) is 29.7 Å². The molecule has 0 spiro atoms. The van der Waals surface area contributed by atoms with Crippen molar-refractivity contribution in [3.63, 3.8) is 0 Å². The molecule has 2 aromatic rings. The topological polar surface area (TPSA) is 61.3 Å². The molecule has 0 bridgehead atoms. The highest BCUT2D eigenvalue weighted by molar-refractivity contribution is 5.90. The van der Waals surface area contributed by atoms with Gasteiger partial charge >= 0.3 is 5.97 Å². The Morgan fingerprint density at radius 2 is 1.90 bits per heavy atom. The van der Waals surface area contributed by atoms with E-state index in [9.17, 15) is 4.79 Å². The van der Waals surface area contributed by atoms with Gasteiger partial charge in [0.1, 0.15) is 5.75 Å². The predicted octanol–water partition coefficient (Wildman–Crippen LogP) is 2.89. The van der Waals surface area contributed by atoms with Gasteiger partial charge < -0.3 is 9.47 Å². The Labute approximate surface area is 124 Å². The zero-order valence-corrected chi connectivity index (χ0v) is 12.4. The molecule has 1 aromatic heterocycles. The van der Waals surface area contributed by atoms with Crippen LogP contribution in [0.3, 0.4) is 0 Å². The second kappa shape index (κ2) is 6.83. The van der Waals surface area contributed by atoms with E-state index in [4.69, 9.17) is 9.47 Å². The predicted molar refractivity (Wildman–Crippen MR) is 79.4 cm³/mol. The molecule has 21 heavy (non-hydrogen) atoms. The second-order valence-electron chi connectivity index (χ2n) is 4.36. The fraction of sp³-hybridized carbons (Fsp3) is 0.312. The van der Waals surface area contributed by atoms with Crippen molar-refractivity contribution in [2.45, 2.75) is 20.3 Å². The molecule has 0 unspecified atom stereocenters. The van der Waals surface area contributed by atoms with Crippen molar-refractivity contribution in [2.24, 2.45) is 0 Å². The van der Waals surface area contributed by atoms with Crippen molar-refractivity contribution in [1.29, 1.82) is 0 Å². The summed E-state index contributed by atoms with van der Waals surface area (Å²) in [6.07, 6.45) is 2.17. The molecular weight excluding hydrogens is 268 g/mol. The summed E-state index contributed by atoms with van der Waals surface area (Å²) in [6.45, 7) is 4.06. The molecule has 0 saturated carbocycles. The molecule has 0 aliphatic rings. The molecule has 1 heterocycles. The number of aromatic nitrogens is 2. The smallest absolute Gasteiger partial charge is 0.341 e. The third-order valence-corrected chi connectivity index (χ3v) is 3.05. The minimum absolute atomic E-state index is 0.336. The SMILES string of the molecule is CCOC(=O)c1cnc(-c2ccc(OC)cc2)nc1CC. The molecule has 0 amide bonds. The fourth-order valence-corrected chi connectivity index (χ4v) is 1.95. The van der Waals surface area contributed by atoms with Crippen molar-refractivity contribution >= 4 is 5.97 Å². The average molecular weight is 286 g/mol. The molecule has 0 aliphatic carbocycles. The quantitative estimate of drug-likeness (QED) is 0.791. The number of hydrogen-bond acceptors (Lipinski definition) is 5. The first-order valence-corrected chi connectivity index (χ1v) is 6.87. The highest BCUT2D eigenvalue weighted by Gasteiger charge is 2.15. The van der Waals surface area contributed by atoms with Gasteiger partial charge in [0.05, 0.1) is 25.0 Å². The Morgan fingerprint density at radius 3 is 2.48 bits per heavy atom. The highest BCUT2D eigenvalue weighted by atomic mass is 16.5. The summed E-state index contributed by atoms with van der Waals surface area (Å²) in [6, 6.07) is 7.47. The van der Waals surface area contributed by atoms with Gasteiger partial charge in [-0.05, 0) is 37.6 Å². The number of carbonyl (C=O) groups is 1. The number of methoxy groups -OCH3 is 1. The number of nitrogens with zero attached hydrogens (tertiary/aromatic N) is 2. The maximum absolute atomic E-state index is 11.8. The first kappa shape index (κ1) is 15.0. The Kier molecular flexibility index (Phi) is 4.87. The van der Waals surface area contributed by atoms with Crippen LogP contribution in [0.4, 0.5) is 0 Å². The maximum Gasteiger partial charge on any atom is 0.341 e. The van der Waals surface area contributed by atoms with Crippen LogP contribution in [0, 0.1) is 0 Å². The lowest BCUT2D eigenvalue weighted by Crippen LogP contribution is -2.11. The molecule has 0 atom stereocenters. The number of rotatable bonds is 5. The third kappa shape index (κ3) is 3.37. The Bertz CT molecular complexity index is 624. The number of benzene rings is 1. The van der Waals surface area contributed by atoms with E-state index >= 15 is 0 Å². The van der Waals surface area contributed by atoms with Crippen molar-refractivity contribution in [3.8, 4) is 17.1 Å². The van der Waals surface area contributed by atoms with Gasteiger partial charge in [-0.2, -0.15) is 0 Å². The normalized spacial score (nSPS) is 10.2. The van der Waals surface area contributed by atoms with E-state index in [1.165, 1.54) is 6.20 Å². The lowest BCUT2D eigenvalue weighted by molar-refractivity contribution is 0.0524. The molecule has 0 aliphatic heterocycles. The lowest BCUT2D eigenvalue weighted by Gasteiger charge is -2.08. The highest BCUT2D eigenvalue weighted by Crippen LogP contribution is 2.20. The van der Waals surface area contributed by atoms with Crippen LogP contribution in [0.1, 0.15) is 29.9 Å². The van der Waals surface area contributed by atoms with E-state index in [-0.39, 0.29) is 5.97 Å². The van der Waals surface area contributed by atoms with Gasteiger partial charge in [0.15, 0.2) is 5.82 Å².